The van der Waals surface area contributed by atoms with Crippen molar-refractivity contribution in [3.8, 4) is 22.8 Å². The highest BCUT2D eigenvalue weighted by Crippen LogP contribution is 2.27. The van der Waals surface area contributed by atoms with Crippen molar-refractivity contribution in [2.75, 3.05) is 11.4 Å². The Morgan fingerprint density at radius 2 is 1.85 bits per heavy atom. The van der Waals surface area contributed by atoms with Gasteiger partial charge in [-0.05, 0) is 91.5 Å². The number of urea groups is 1. The van der Waals surface area contributed by atoms with Gasteiger partial charge in [-0.2, -0.15) is 4.99 Å². The molecule has 1 aromatic heterocycles. The van der Waals surface area contributed by atoms with Crippen LogP contribution in [0.2, 0.25) is 0 Å². The summed E-state index contributed by atoms with van der Waals surface area (Å²) < 4.78 is 42.7. The number of carbonyl (C=O) groups is 1. The van der Waals surface area contributed by atoms with E-state index in [1.807, 2.05) is 43.0 Å². The van der Waals surface area contributed by atoms with E-state index in [1.165, 1.54) is 40.8 Å². The van der Waals surface area contributed by atoms with Crippen molar-refractivity contribution in [3.63, 3.8) is 0 Å². The average Bonchev–Trinajstić information content (AvgIpc) is 3.54. The second kappa shape index (κ2) is 16.3. The van der Waals surface area contributed by atoms with Crippen LogP contribution >= 0.6 is 12.6 Å². The van der Waals surface area contributed by atoms with Crippen LogP contribution in [0.15, 0.2) is 89.2 Å². The number of hydrogen-bond acceptors (Lipinski definition) is 5. The second-order valence-electron chi connectivity index (χ2n) is 11.2. The van der Waals surface area contributed by atoms with E-state index in [1.54, 1.807) is 11.7 Å². The molecular formula is C35H39F3N6O2S. The highest BCUT2D eigenvalue weighted by atomic mass is 32.1. The zero-order valence-electron chi connectivity index (χ0n) is 26.8. The first-order chi connectivity index (χ1) is 22.5. The molecule has 0 saturated heterocycles. The van der Waals surface area contributed by atoms with Crippen LogP contribution in [0, 0.1) is 6.92 Å². The van der Waals surface area contributed by atoms with Gasteiger partial charge in [0.2, 0.25) is 0 Å². The molecule has 3 aromatic carbocycles. The number of allylic oxidation sites excluding steroid dienone is 1. The number of amides is 2. The smallest absolute Gasteiger partial charge is 0.406 e. The number of rotatable bonds is 13. The van der Waals surface area contributed by atoms with Crippen LogP contribution in [-0.4, -0.2) is 40.0 Å². The number of hydrogen-bond donors (Lipinski definition) is 2. The maximum absolute atomic E-state index is 12.6. The van der Waals surface area contributed by atoms with E-state index in [0.717, 1.165) is 53.8 Å². The third-order valence-corrected chi connectivity index (χ3v) is 7.91. The molecule has 0 aliphatic rings. The summed E-state index contributed by atoms with van der Waals surface area (Å²) in [6.45, 7) is 8.73. The highest BCUT2D eigenvalue weighted by Gasteiger charge is 2.31. The average molecular weight is 665 g/mol. The molecule has 0 fully saturated rings. The van der Waals surface area contributed by atoms with Crippen molar-refractivity contribution in [2.45, 2.75) is 65.7 Å². The largest absolute Gasteiger partial charge is 0.573 e. The van der Waals surface area contributed by atoms with E-state index in [2.05, 4.69) is 69.8 Å². The van der Waals surface area contributed by atoms with Crippen LogP contribution in [0.4, 0.5) is 23.7 Å². The summed E-state index contributed by atoms with van der Waals surface area (Å²) in [5.41, 5.74) is 6.65. The van der Waals surface area contributed by atoms with Crippen molar-refractivity contribution in [2.24, 2.45) is 4.99 Å². The number of carbonyl (C=O) groups excluding carboxylic acids is 1. The summed E-state index contributed by atoms with van der Waals surface area (Å²) >= 11 is 4.33. The standard InChI is InChI=1S/C35H39F3N6O2S/c1-5-7-28-10-9-24(2)20-32(28)43(26(4)21-47)22-41-34(45)39-19-6-8-25(3)27-11-13-29(14-12-27)33-40-23-44(42-33)30-15-17-31(18-16-30)46-35(36,37)38/h9-18,20-23,25,47H,5-8,19H2,1-4H3,(H,39,45)/b26-21-,41-22?. The number of thiol groups is 1. The number of ether oxygens (including phenoxy) is 1. The molecule has 0 aliphatic heterocycles. The third-order valence-electron chi connectivity index (χ3n) is 7.53. The summed E-state index contributed by atoms with van der Waals surface area (Å²) in [5, 5.41) is 9.04. The molecule has 12 heteroatoms. The van der Waals surface area contributed by atoms with Crippen LogP contribution in [-0.2, 0) is 6.42 Å². The fourth-order valence-electron chi connectivity index (χ4n) is 4.99. The molecular weight excluding hydrogens is 625 g/mol. The molecule has 0 spiro atoms. The third kappa shape index (κ3) is 10.2. The fraction of sp³-hybridized carbons (Fsp3) is 0.314. The van der Waals surface area contributed by atoms with Gasteiger partial charge in [-0.15, -0.1) is 30.9 Å². The van der Waals surface area contributed by atoms with Gasteiger partial charge in [0.1, 0.15) is 18.4 Å². The first-order valence-electron chi connectivity index (χ1n) is 15.4. The molecule has 0 bridgehead atoms. The minimum Gasteiger partial charge on any atom is -0.406 e. The summed E-state index contributed by atoms with van der Waals surface area (Å²) in [5.74, 6) is 0.441. The van der Waals surface area contributed by atoms with Crippen molar-refractivity contribution in [1.29, 1.82) is 0 Å². The number of alkyl halides is 3. The Balaban J connectivity index is 1.28. The van der Waals surface area contributed by atoms with Crippen molar-refractivity contribution < 1.29 is 22.7 Å². The Kier molecular flexibility index (Phi) is 12.2. The monoisotopic (exact) mass is 664 g/mol. The number of aromatic nitrogens is 3. The van der Waals surface area contributed by atoms with Crippen LogP contribution in [0.1, 0.15) is 62.6 Å². The first-order valence-corrected chi connectivity index (χ1v) is 15.9. The Hall–Kier alpha value is -4.58. The maximum atomic E-state index is 12.6. The lowest BCUT2D eigenvalue weighted by atomic mass is 9.95. The van der Waals surface area contributed by atoms with Gasteiger partial charge in [-0.1, -0.05) is 56.7 Å². The van der Waals surface area contributed by atoms with Crippen LogP contribution in [0.5, 0.6) is 5.75 Å². The van der Waals surface area contributed by atoms with Crippen molar-refractivity contribution >= 4 is 30.7 Å². The summed E-state index contributed by atoms with van der Waals surface area (Å²) in [7, 11) is 0. The van der Waals surface area contributed by atoms with Gasteiger partial charge in [0, 0.05) is 17.8 Å². The fourth-order valence-corrected chi connectivity index (χ4v) is 5.12. The predicted octanol–water partition coefficient (Wildman–Crippen LogP) is 9.01. The zero-order valence-corrected chi connectivity index (χ0v) is 27.7. The van der Waals surface area contributed by atoms with Gasteiger partial charge >= 0.3 is 12.4 Å². The Bertz CT molecular complexity index is 1680. The molecule has 4 rings (SSSR count). The SMILES string of the molecule is CCCc1ccc(C)cc1N(C=NC(=O)NCCCC(C)c1ccc(-c2ncn(-c3ccc(OC(F)(F)F)cc3)n2)cc1)/C(C)=C\S. The number of halogens is 3. The number of aliphatic imine (C=N–C) groups is 1. The van der Waals surface area contributed by atoms with E-state index >= 15 is 0 Å². The molecule has 1 unspecified atom stereocenters. The normalized spacial score (nSPS) is 12.7. The molecule has 4 aromatic rings. The quantitative estimate of drug-likeness (QED) is 0.0645. The van der Waals surface area contributed by atoms with E-state index in [0.29, 0.717) is 18.1 Å². The van der Waals surface area contributed by atoms with Crippen LogP contribution in [0.25, 0.3) is 17.1 Å². The Morgan fingerprint density at radius 3 is 2.51 bits per heavy atom. The van der Waals surface area contributed by atoms with Gasteiger partial charge < -0.3 is 15.0 Å². The molecule has 0 radical (unpaired) electrons. The van der Waals surface area contributed by atoms with Gasteiger partial charge in [0.25, 0.3) is 0 Å². The summed E-state index contributed by atoms with van der Waals surface area (Å²) in [6.07, 6.45) is 1.87. The minimum atomic E-state index is -4.75. The molecule has 0 saturated carbocycles. The number of nitrogens with zero attached hydrogens (tertiary/aromatic N) is 5. The second-order valence-corrected chi connectivity index (χ2v) is 11.5. The number of nitrogens with one attached hydrogen (secondary N) is 1. The zero-order chi connectivity index (χ0) is 34.0. The predicted molar refractivity (Wildman–Crippen MR) is 183 cm³/mol. The molecule has 2 amide bonds. The Morgan fingerprint density at radius 1 is 1.13 bits per heavy atom. The van der Waals surface area contributed by atoms with Gasteiger partial charge in [0.15, 0.2) is 5.82 Å². The van der Waals surface area contributed by atoms with Crippen molar-refractivity contribution in [1.82, 2.24) is 20.1 Å². The van der Waals surface area contributed by atoms with Crippen LogP contribution in [0.3, 0.4) is 0 Å². The van der Waals surface area contributed by atoms with E-state index in [4.69, 9.17) is 0 Å². The molecule has 47 heavy (non-hydrogen) atoms. The highest BCUT2D eigenvalue weighted by molar-refractivity contribution is 7.83. The Labute approximate surface area is 278 Å². The van der Waals surface area contributed by atoms with Gasteiger partial charge in [-0.25, -0.2) is 14.5 Å². The molecule has 0 aliphatic carbocycles. The minimum absolute atomic E-state index is 0.254. The lowest BCUT2D eigenvalue weighted by Crippen LogP contribution is -2.25. The number of anilines is 1. The molecule has 1 heterocycles. The first kappa shape index (κ1) is 35.3. The summed E-state index contributed by atoms with van der Waals surface area (Å²) in [6, 6.07) is 19.2. The lowest BCUT2D eigenvalue weighted by Gasteiger charge is -2.23. The topological polar surface area (TPSA) is 84.6 Å². The lowest BCUT2D eigenvalue weighted by molar-refractivity contribution is -0.274. The van der Waals surface area contributed by atoms with Crippen molar-refractivity contribution in [3.05, 3.63) is 101 Å². The maximum Gasteiger partial charge on any atom is 0.573 e. The van der Waals surface area contributed by atoms with Crippen LogP contribution < -0.4 is 15.0 Å². The molecule has 8 nitrogen and oxygen atoms in total. The van der Waals surface area contributed by atoms with E-state index in [-0.39, 0.29) is 11.7 Å². The van der Waals surface area contributed by atoms with Gasteiger partial charge in [0.05, 0.1) is 11.4 Å². The van der Waals surface area contributed by atoms with E-state index < -0.39 is 12.4 Å². The van der Waals surface area contributed by atoms with Gasteiger partial charge in [-0.3, -0.25) is 0 Å². The van der Waals surface area contributed by atoms with E-state index in [9.17, 15) is 18.0 Å². The number of aryl methyl sites for hydroxylation is 2. The number of benzene rings is 3. The molecule has 1 N–H and O–H groups in total. The molecule has 248 valence electrons. The summed E-state index contributed by atoms with van der Waals surface area (Å²) in [4.78, 5) is 23.0. The molecule has 1 atom stereocenters.